The number of nitrogens with zero attached hydrogens (tertiary/aromatic N) is 1. The van der Waals surface area contributed by atoms with Crippen molar-refractivity contribution in [1.29, 1.82) is 0 Å². The lowest BCUT2D eigenvalue weighted by atomic mass is 10.0. The Labute approximate surface area is 194 Å². The lowest BCUT2D eigenvalue weighted by Gasteiger charge is -2.08. The molecule has 3 rings (SSSR count). The van der Waals surface area contributed by atoms with Crippen LogP contribution in [0.25, 0.3) is 11.3 Å². The first kappa shape index (κ1) is 27.1. The summed E-state index contributed by atoms with van der Waals surface area (Å²) < 4.78 is 84.0. The Morgan fingerprint density at radius 2 is 1.63 bits per heavy atom. The highest BCUT2D eigenvalue weighted by atomic mass is 19.4. The molecule has 2 aromatic carbocycles. The summed E-state index contributed by atoms with van der Waals surface area (Å²) in [6.45, 7) is 0. The minimum absolute atomic E-state index is 0.0919. The van der Waals surface area contributed by atoms with Crippen molar-refractivity contribution >= 4 is 5.97 Å². The van der Waals surface area contributed by atoms with Crippen molar-refractivity contribution in [3.05, 3.63) is 65.4 Å². The number of aromatic nitrogens is 1. The van der Waals surface area contributed by atoms with Gasteiger partial charge in [0.25, 0.3) is 0 Å². The molecule has 1 heterocycles. The summed E-state index contributed by atoms with van der Waals surface area (Å²) in [5.41, 5.74) is -1.14. The molecule has 0 amide bonds. The third-order valence-corrected chi connectivity index (χ3v) is 4.19. The number of rotatable bonds is 5. The number of alkyl halides is 6. The van der Waals surface area contributed by atoms with Crippen LogP contribution in [-0.2, 0) is 17.4 Å². The van der Waals surface area contributed by atoms with Crippen LogP contribution in [0.1, 0.15) is 23.2 Å². The smallest absolute Gasteiger partial charge is 0.458 e. The van der Waals surface area contributed by atoms with Gasteiger partial charge in [-0.25, -0.2) is 0 Å². The monoisotopic (exact) mass is 501 g/mol. The van der Waals surface area contributed by atoms with Crippen molar-refractivity contribution in [2.24, 2.45) is 0 Å². The summed E-state index contributed by atoms with van der Waals surface area (Å²) in [6.07, 6.45) is -10.0. The predicted octanol–water partition coefficient (Wildman–Crippen LogP) is 5.69. The summed E-state index contributed by atoms with van der Waals surface area (Å²) in [5, 5.41) is 21.0. The second kappa shape index (κ2) is 11.3. The normalized spacial score (nSPS) is 11.1. The highest BCUT2D eigenvalue weighted by molar-refractivity contribution is 5.68. The Balaban J connectivity index is 0.000000269. The van der Waals surface area contributed by atoms with E-state index in [-0.39, 0.29) is 17.7 Å². The number of hydrogen-bond donors (Lipinski definition) is 2. The predicted molar refractivity (Wildman–Crippen MR) is 110 cm³/mol. The number of methoxy groups -OCH3 is 1. The average Bonchev–Trinajstić information content (AvgIpc) is 3.22. The number of phenols is 1. The van der Waals surface area contributed by atoms with Gasteiger partial charge in [-0.2, -0.15) is 26.3 Å². The molecule has 0 atom stereocenters. The lowest BCUT2D eigenvalue weighted by Crippen LogP contribution is -2.10. The van der Waals surface area contributed by atoms with Crippen LogP contribution in [0.2, 0.25) is 0 Å². The van der Waals surface area contributed by atoms with E-state index in [1.807, 2.05) is 5.92 Å². The molecule has 0 spiro atoms. The largest absolute Gasteiger partial charge is 0.508 e. The first-order chi connectivity index (χ1) is 16.3. The molecule has 0 fully saturated rings. The number of ether oxygens (including phenoxy) is 1. The molecule has 35 heavy (non-hydrogen) atoms. The Hall–Kier alpha value is -4.14. The second-order valence-electron chi connectivity index (χ2n) is 6.75. The highest BCUT2D eigenvalue weighted by Crippen LogP contribution is 2.40. The van der Waals surface area contributed by atoms with E-state index in [0.29, 0.717) is 11.3 Å². The number of aryl methyl sites for hydroxylation is 1. The molecule has 0 aliphatic heterocycles. The summed E-state index contributed by atoms with van der Waals surface area (Å²) in [4.78, 5) is 10.5. The van der Waals surface area contributed by atoms with Gasteiger partial charge < -0.3 is 19.5 Å². The van der Waals surface area contributed by atoms with E-state index in [1.165, 1.54) is 49.4 Å². The van der Waals surface area contributed by atoms with Gasteiger partial charge in [0.2, 0.25) is 0 Å². The molecule has 0 aliphatic rings. The number of carboxylic acid groups (broad SMARTS) is 1. The van der Waals surface area contributed by atoms with E-state index in [9.17, 15) is 31.1 Å². The molecule has 2 N–H and O–H groups in total. The van der Waals surface area contributed by atoms with Crippen LogP contribution in [-0.4, -0.2) is 34.6 Å². The zero-order valence-electron chi connectivity index (χ0n) is 17.9. The van der Waals surface area contributed by atoms with Gasteiger partial charge in [-0.15, -0.1) is 0 Å². The summed E-state index contributed by atoms with van der Waals surface area (Å²) in [5.74, 6) is 1.95. The number of benzene rings is 2. The Kier molecular flexibility index (Phi) is 8.77. The van der Waals surface area contributed by atoms with E-state index in [2.05, 4.69) is 5.16 Å². The van der Waals surface area contributed by atoms with E-state index in [1.54, 1.807) is 12.1 Å². The third kappa shape index (κ3) is 8.62. The topological polar surface area (TPSA) is 92.8 Å². The number of hydrogen-bond acceptors (Lipinski definition) is 5. The zero-order chi connectivity index (χ0) is 26.2. The van der Waals surface area contributed by atoms with Crippen LogP contribution < -0.4 is 4.74 Å². The number of carboxylic acids is 1. The molecule has 0 radical (unpaired) electrons. The van der Waals surface area contributed by atoms with Crippen LogP contribution in [0, 0.1) is 11.8 Å². The number of halogens is 6. The molecule has 0 saturated carbocycles. The van der Waals surface area contributed by atoms with Crippen molar-refractivity contribution < 1.29 is 50.6 Å². The first-order valence-corrected chi connectivity index (χ1v) is 9.61. The maximum absolute atomic E-state index is 13.1. The molecule has 0 bridgehead atoms. The standard InChI is InChI=1S/C13H10F3NO4.C10H7F3O/c14-13(15,16)11-9(5-6-10(19)20)17-21-12(11)7-1-3-8(18)4-2-7;1-14-9-4-2-8(3-5-9)6-7-10(11,12)13/h1-4,18H,5-6H2,(H,19,20);2-5H,1H3. The molecule has 0 aliphatic carbocycles. The van der Waals surface area contributed by atoms with Gasteiger partial charge in [-0.3, -0.25) is 4.79 Å². The lowest BCUT2D eigenvalue weighted by molar-refractivity contribution is -0.139. The average molecular weight is 501 g/mol. The first-order valence-electron chi connectivity index (χ1n) is 9.61. The number of aliphatic carboxylic acids is 1. The van der Waals surface area contributed by atoms with Crippen LogP contribution >= 0.6 is 0 Å². The maximum Gasteiger partial charge on any atom is 0.458 e. The van der Waals surface area contributed by atoms with Gasteiger partial charge in [0.05, 0.1) is 19.2 Å². The van der Waals surface area contributed by atoms with Crippen LogP contribution in [0.5, 0.6) is 11.5 Å². The van der Waals surface area contributed by atoms with Gasteiger partial charge in [-0.05, 0) is 48.5 Å². The Morgan fingerprint density at radius 3 is 2.11 bits per heavy atom. The highest BCUT2D eigenvalue weighted by Gasteiger charge is 2.40. The SMILES string of the molecule is COc1ccc(C#CC(F)(F)F)cc1.O=C(O)CCc1noc(-c2ccc(O)cc2)c1C(F)(F)F. The van der Waals surface area contributed by atoms with Crippen molar-refractivity contribution in [3.8, 4) is 34.7 Å². The summed E-state index contributed by atoms with van der Waals surface area (Å²) >= 11 is 0. The van der Waals surface area contributed by atoms with Crippen LogP contribution in [0.3, 0.4) is 0 Å². The number of aromatic hydroxyl groups is 1. The van der Waals surface area contributed by atoms with Crippen molar-refractivity contribution in [1.82, 2.24) is 5.16 Å². The number of carbonyl (C=O) groups is 1. The Morgan fingerprint density at radius 1 is 1.03 bits per heavy atom. The molecule has 6 nitrogen and oxygen atoms in total. The van der Waals surface area contributed by atoms with Gasteiger partial charge in [0.1, 0.15) is 17.1 Å². The molecule has 0 saturated heterocycles. The third-order valence-electron chi connectivity index (χ3n) is 4.19. The quantitative estimate of drug-likeness (QED) is 0.345. The molecule has 0 unspecified atom stereocenters. The number of phenolic OH excluding ortho intramolecular Hbond substituents is 1. The minimum Gasteiger partial charge on any atom is -0.508 e. The molecule has 186 valence electrons. The van der Waals surface area contributed by atoms with Gasteiger partial charge in [0.15, 0.2) is 5.76 Å². The van der Waals surface area contributed by atoms with Gasteiger partial charge in [-0.1, -0.05) is 11.1 Å². The fourth-order valence-electron chi connectivity index (χ4n) is 2.64. The maximum atomic E-state index is 13.1. The molecular weight excluding hydrogens is 484 g/mol. The van der Waals surface area contributed by atoms with Crippen molar-refractivity contribution in [2.45, 2.75) is 25.2 Å². The molecule has 3 aromatic rings. The van der Waals surface area contributed by atoms with Crippen molar-refractivity contribution in [3.63, 3.8) is 0 Å². The van der Waals surface area contributed by atoms with E-state index >= 15 is 0 Å². The zero-order valence-corrected chi connectivity index (χ0v) is 17.9. The Bertz CT molecular complexity index is 1190. The van der Waals surface area contributed by atoms with Gasteiger partial charge in [0, 0.05) is 23.5 Å². The molecular formula is C23H17F6NO5. The van der Waals surface area contributed by atoms with Crippen molar-refractivity contribution in [2.75, 3.05) is 7.11 Å². The fourth-order valence-corrected chi connectivity index (χ4v) is 2.64. The van der Waals surface area contributed by atoms with E-state index < -0.39 is 41.8 Å². The van der Waals surface area contributed by atoms with Gasteiger partial charge >= 0.3 is 18.3 Å². The summed E-state index contributed by atoms with van der Waals surface area (Å²) in [6, 6.07) is 11.0. The fraction of sp³-hybridized carbons (Fsp3) is 0.217. The van der Waals surface area contributed by atoms with E-state index in [0.717, 1.165) is 0 Å². The van der Waals surface area contributed by atoms with Crippen LogP contribution in [0.15, 0.2) is 53.1 Å². The molecule has 1 aromatic heterocycles. The second-order valence-corrected chi connectivity index (χ2v) is 6.75. The summed E-state index contributed by atoms with van der Waals surface area (Å²) in [7, 11) is 1.48. The van der Waals surface area contributed by atoms with E-state index in [4.69, 9.17) is 19.5 Å². The minimum atomic E-state index is -4.72. The van der Waals surface area contributed by atoms with Crippen LogP contribution in [0.4, 0.5) is 26.3 Å². The molecule has 12 heteroatoms.